The zero-order valence-electron chi connectivity index (χ0n) is 3.49. The van der Waals surface area contributed by atoms with Crippen molar-refractivity contribution in [1.29, 1.82) is 0 Å². The molecule has 0 spiro atoms. The molecule has 3 heteroatoms. The molecule has 0 heterocycles. The van der Waals surface area contributed by atoms with Crippen molar-refractivity contribution in [2.75, 3.05) is 4.43 Å². The van der Waals surface area contributed by atoms with Gasteiger partial charge in [0.15, 0.2) is 1.41 Å². The van der Waals surface area contributed by atoms with Gasteiger partial charge in [-0.1, -0.05) is 22.6 Å². The Morgan fingerprint density at radius 3 is 3.00 bits per heavy atom. The van der Waals surface area contributed by atoms with E-state index in [0.29, 0.717) is 4.43 Å². The highest BCUT2D eigenvalue weighted by Crippen LogP contribution is 1.72. The van der Waals surface area contributed by atoms with Crippen molar-refractivity contribution in [2.45, 2.75) is 0 Å². The minimum absolute atomic E-state index is 0.254. The van der Waals surface area contributed by atoms with E-state index in [9.17, 15) is 4.79 Å². The highest BCUT2D eigenvalue weighted by molar-refractivity contribution is 14.1. The van der Waals surface area contributed by atoms with E-state index < -0.39 is 0 Å². The second kappa shape index (κ2) is 2.44. The van der Waals surface area contributed by atoms with Crippen molar-refractivity contribution >= 4 is 28.5 Å². The summed E-state index contributed by atoms with van der Waals surface area (Å²) in [7, 11) is 0. The molecular weight excluding hydrogens is 181 g/mol. The number of halogens is 1. The van der Waals surface area contributed by atoms with Crippen molar-refractivity contribution in [1.82, 2.24) is 0 Å². The first kappa shape index (κ1) is 3.39. The lowest BCUT2D eigenvalue weighted by atomic mass is 10.8. The fourth-order valence-corrected chi connectivity index (χ4v) is 0. The summed E-state index contributed by atoms with van der Waals surface area (Å²) in [5, 5.41) is 0. The van der Waals surface area contributed by atoms with E-state index in [-0.39, 0.29) is 5.91 Å². The van der Waals surface area contributed by atoms with Crippen LogP contribution in [0.5, 0.6) is 0 Å². The lowest BCUT2D eigenvalue weighted by Gasteiger charge is -1.71. The lowest BCUT2D eigenvalue weighted by molar-refractivity contribution is -0.115. The fraction of sp³-hybridized carbons (Fsp3) is 0.500. The van der Waals surface area contributed by atoms with Crippen molar-refractivity contribution in [3.63, 3.8) is 0 Å². The van der Waals surface area contributed by atoms with Crippen molar-refractivity contribution < 1.29 is 6.21 Å². The van der Waals surface area contributed by atoms with E-state index in [1.165, 1.54) is 0 Å². The van der Waals surface area contributed by atoms with Crippen molar-refractivity contribution in [3.8, 4) is 0 Å². The molecule has 0 rings (SSSR count). The number of alkyl halides is 1. The smallest absolute Gasteiger partial charge is 0.227 e. The summed E-state index contributed by atoms with van der Waals surface area (Å²) in [6.07, 6.45) is 0. The summed E-state index contributed by atoms with van der Waals surface area (Å²) in [5.41, 5.74) is 1.72. The normalized spacial score (nSPS) is 9.40. The van der Waals surface area contributed by atoms with Gasteiger partial charge in [0.05, 0.1) is 4.43 Å². The monoisotopic (exact) mass is 187 g/mol. The number of primary amides is 1. The van der Waals surface area contributed by atoms with Gasteiger partial charge in [0.25, 0.3) is 0 Å². The zero-order valence-corrected chi connectivity index (χ0v) is 4.65. The first-order valence-corrected chi connectivity index (χ1v) is 2.60. The largest absolute Gasteiger partial charge is 0.369 e. The van der Waals surface area contributed by atoms with Crippen LogP contribution in [-0.4, -0.2) is 10.3 Å². The average Bonchev–Trinajstić information content (AvgIpc) is 1.65. The first-order chi connectivity index (χ1) is 2.81. The highest BCUT2D eigenvalue weighted by atomic mass is 127. The summed E-state index contributed by atoms with van der Waals surface area (Å²) >= 11 is 1.88. The van der Waals surface area contributed by atoms with Gasteiger partial charge in [0, 0.05) is 0 Å². The molecule has 0 aliphatic heterocycles. The molecular formula is C2H4INO. The third-order valence-corrected chi connectivity index (χ3v) is 0.814. The maximum absolute atomic E-state index is 9.87. The molecule has 0 aromatic rings. The second-order valence-electron chi connectivity index (χ2n) is 0.557. The van der Waals surface area contributed by atoms with Gasteiger partial charge >= 0.3 is 0 Å². The number of carbonyl (C=O) groups is 1. The predicted octanol–water partition coefficient (Wildman–Crippen LogP) is -0.0933. The Balaban J connectivity index is 2.99. The quantitative estimate of drug-likeness (QED) is 0.452. The van der Waals surface area contributed by atoms with Crippen LogP contribution in [0.2, 0.25) is 1.41 Å². The van der Waals surface area contributed by atoms with Gasteiger partial charge < -0.3 is 5.73 Å². The Bertz CT molecular complexity index is 51.5. The van der Waals surface area contributed by atoms with Crippen LogP contribution < -0.4 is 5.73 Å². The van der Waals surface area contributed by atoms with Gasteiger partial charge in [-0.25, -0.2) is 0 Å². The molecule has 0 bridgehead atoms. The van der Waals surface area contributed by atoms with Gasteiger partial charge in [-0.3, -0.25) is 4.79 Å². The molecule has 0 saturated carbocycles. The molecule has 0 aromatic heterocycles. The Morgan fingerprint density at radius 2 is 3.00 bits per heavy atom. The molecule has 1 amide bonds. The van der Waals surface area contributed by atoms with E-state index >= 15 is 0 Å². The highest BCUT2D eigenvalue weighted by Gasteiger charge is 1.79. The third-order valence-electron chi connectivity index (χ3n) is 0.121. The van der Waals surface area contributed by atoms with Crippen LogP contribution in [0.15, 0.2) is 0 Å². The van der Waals surface area contributed by atoms with Gasteiger partial charge in [0.1, 0.15) is 0 Å². The minimum atomic E-state index is -0.254. The van der Waals surface area contributed by atoms with Crippen LogP contribution >= 0.6 is 22.6 Å². The van der Waals surface area contributed by atoms with E-state index in [1.807, 2.05) is 22.6 Å². The van der Waals surface area contributed by atoms with Crippen LogP contribution in [-0.2, 0) is 4.79 Å². The van der Waals surface area contributed by atoms with Crippen LogP contribution in [0.1, 0.15) is 0 Å². The number of hydrogen-bond acceptors (Lipinski definition) is 1. The molecule has 0 aliphatic rings. The van der Waals surface area contributed by atoms with Crippen LogP contribution in [0.25, 0.3) is 0 Å². The Morgan fingerprint density at radius 1 is 2.40 bits per heavy atom. The third kappa shape index (κ3) is 4.20. The molecule has 0 unspecified atom stereocenters. The van der Waals surface area contributed by atoms with E-state index in [0.717, 1.165) is 0 Å². The van der Waals surface area contributed by atoms with Gasteiger partial charge in [-0.05, 0) is 0 Å². The standard InChI is InChI=1S/C2H4INO/c3-1-2(4)5/h1H2,(H2,4,5)/i/hT. The molecule has 0 aromatic carbocycles. The van der Waals surface area contributed by atoms with Crippen LogP contribution in [0.4, 0.5) is 0 Å². The number of amides is 1. The number of nitrogens with two attached hydrogens (primary N) is 1. The molecule has 5 heavy (non-hydrogen) atoms. The molecule has 0 aliphatic carbocycles. The predicted molar refractivity (Wildman–Crippen MR) is 28.1 cm³/mol. The van der Waals surface area contributed by atoms with Gasteiger partial charge in [0.2, 0.25) is 5.91 Å². The zero-order chi connectivity index (χ0) is 4.99. The Kier molecular flexibility index (Phi) is 1.65. The molecule has 0 saturated heterocycles. The number of carbonyl (C=O) groups excluding carboxylic acids is 1. The SMILES string of the molecule is [3H]NC(=O)CI. The molecule has 2 N–H and O–H groups in total. The summed E-state index contributed by atoms with van der Waals surface area (Å²) < 4.78 is 6.57. The molecule has 0 fully saturated rings. The molecule has 0 radical (unpaired) electrons. The van der Waals surface area contributed by atoms with Crippen LogP contribution in [0, 0.1) is 0 Å². The lowest BCUT2D eigenvalue weighted by Crippen LogP contribution is -2.10. The number of hydrogen-bond donors (Lipinski definition) is 1. The van der Waals surface area contributed by atoms with Crippen molar-refractivity contribution in [3.05, 3.63) is 0 Å². The fourth-order valence-electron chi connectivity index (χ4n) is 0. The van der Waals surface area contributed by atoms with E-state index in [4.69, 9.17) is 1.41 Å². The van der Waals surface area contributed by atoms with Gasteiger partial charge in [-0.15, -0.1) is 0 Å². The van der Waals surface area contributed by atoms with Crippen molar-refractivity contribution in [2.24, 2.45) is 5.73 Å². The first-order valence-electron chi connectivity index (χ1n) is 1.57. The maximum atomic E-state index is 9.87. The van der Waals surface area contributed by atoms with E-state index in [1.54, 1.807) is 5.73 Å². The Labute approximate surface area is 45.3 Å². The minimum Gasteiger partial charge on any atom is -0.369 e. The summed E-state index contributed by atoms with van der Waals surface area (Å²) in [6.45, 7) is 0. The van der Waals surface area contributed by atoms with E-state index in [2.05, 4.69) is 0 Å². The summed E-state index contributed by atoms with van der Waals surface area (Å²) in [4.78, 5) is 9.87. The van der Waals surface area contributed by atoms with Crippen LogP contribution in [0.3, 0.4) is 0 Å². The van der Waals surface area contributed by atoms with Gasteiger partial charge in [-0.2, -0.15) is 0 Å². The average molecular weight is 187 g/mol. The maximum Gasteiger partial charge on any atom is 0.227 e. The molecule has 30 valence electrons. The molecule has 2 nitrogen and oxygen atoms in total. The molecule has 0 atom stereocenters. The second-order valence-corrected chi connectivity index (χ2v) is 1.32. The summed E-state index contributed by atoms with van der Waals surface area (Å²) in [6, 6.07) is 0. The summed E-state index contributed by atoms with van der Waals surface area (Å²) in [5.74, 6) is -0.254. The Hall–Kier alpha value is 0.200. The topological polar surface area (TPSA) is 43.1 Å². The number of rotatable bonds is 1.